The molecule has 0 saturated heterocycles. The number of carbonyl (C=O) groups excluding carboxylic acids is 1. The van der Waals surface area contributed by atoms with Crippen molar-refractivity contribution in [2.75, 3.05) is 17.7 Å². The summed E-state index contributed by atoms with van der Waals surface area (Å²) in [7, 11) is 1.83. The Morgan fingerprint density at radius 1 is 1.33 bits per heavy atom. The molecule has 0 bridgehead atoms. The standard InChI is InChI=1S/C15H17ClN4O/c1-9-3-5-12(14(18)21)15(19-9)20(2)8-10-7-11(17)4-6-13(10)16/h3-7H,8,17H2,1-2H3,(H2,18,21). The maximum absolute atomic E-state index is 11.5. The summed E-state index contributed by atoms with van der Waals surface area (Å²) in [5.41, 5.74) is 13.9. The van der Waals surface area contributed by atoms with Crippen LogP contribution < -0.4 is 16.4 Å². The third-order valence-corrected chi connectivity index (χ3v) is 3.49. The highest BCUT2D eigenvalue weighted by Crippen LogP contribution is 2.24. The lowest BCUT2D eigenvalue weighted by Crippen LogP contribution is -2.23. The number of primary amides is 1. The van der Waals surface area contributed by atoms with Crippen LogP contribution in [0.2, 0.25) is 5.02 Å². The van der Waals surface area contributed by atoms with Crippen molar-refractivity contribution in [1.82, 2.24) is 4.98 Å². The SMILES string of the molecule is Cc1ccc(C(N)=O)c(N(C)Cc2cc(N)ccc2Cl)n1. The lowest BCUT2D eigenvalue weighted by Gasteiger charge is -2.21. The van der Waals surface area contributed by atoms with Gasteiger partial charge in [-0.1, -0.05) is 11.6 Å². The third kappa shape index (κ3) is 3.44. The van der Waals surface area contributed by atoms with Crippen molar-refractivity contribution in [3.05, 3.63) is 52.2 Å². The Labute approximate surface area is 128 Å². The predicted octanol–water partition coefficient (Wildman–Crippen LogP) is 2.36. The second kappa shape index (κ2) is 6.01. The number of halogens is 1. The maximum atomic E-state index is 11.5. The Morgan fingerprint density at radius 2 is 2.05 bits per heavy atom. The number of nitrogen functional groups attached to an aromatic ring is 1. The van der Waals surface area contributed by atoms with Crippen LogP contribution in [0, 0.1) is 6.92 Å². The molecule has 1 heterocycles. The van der Waals surface area contributed by atoms with Crippen LogP contribution in [-0.2, 0) is 6.54 Å². The molecule has 1 aromatic heterocycles. The first-order valence-electron chi connectivity index (χ1n) is 6.41. The number of aryl methyl sites for hydroxylation is 1. The van der Waals surface area contributed by atoms with Crippen LogP contribution in [0.15, 0.2) is 30.3 Å². The zero-order valence-electron chi connectivity index (χ0n) is 11.9. The Morgan fingerprint density at radius 3 is 2.71 bits per heavy atom. The number of nitrogens with zero attached hydrogens (tertiary/aromatic N) is 2. The van der Waals surface area contributed by atoms with E-state index in [1.165, 1.54) is 0 Å². The first kappa shape index (κ1) is 15.1. The molecule has 0 spiro atoms. The topological polar surface area (TPSA) is 85.2 Å². The highest BCUT2D eigenvalue weighted by atomic mass is 35.5. The number of rotatable bonds is 4. The molecule has 1 aromatic carbocycles. The summed E-state index contributed by atoms with van der Waals surface area (Å²) in [4.78, 5) is 17.7. The van der Waals surface area contributed by atoms with Crippen LogP contribution in [-0.4, -0.2) is 17.9 Å². The maximum Gasteiger partial charge on any atom is 0.252 e. The highest BCUT2D eigenvalue weighted by molar-refractivity contribution is 6.31. The lowest BCUT2D eigenvalue weighted by molar-refractivity contribution is 0.100. The Balaban J connectivity index is 2.36. The molecule has 0 saturated carbocycles. The molecule has 0 aliphatic carbocycles. The third-order valence-electron chi connectivity index (χ3n) is 3.12. The van der Waals surface area contributed by atoms with Gasteiger partial charge in [0.2, 0.25) is 0 Å². The van der Waals surface area contributed by atoms with Crippen LogP contribution in [0.5, 0.6) is 0 Å². The van der Waals surface area contributed by atoms with E-state index in [1.54, 1.807) is 30.3 Å². The lowest BCUT2D eigenvalue weighted by atomic mass is 10.1. The number of pyridine rings is 1. The van der Waals surface area contributed by atoms with Crippen LogP contribution in [0.1, 0.15) is 21.6 Å². The van der Waals surface area contributed by atoms with E-state index in [-0.39, 0.29) is 0 Å². The van der Waals surface area contributed by atoms with Crippen molar-refractivity contribution in [3.63, 3.8) is 0 Å². The molecule has 2 aromatic rings. The van der Waals surface area contributed by atoms with Crippen LogP contribution in [0.3, 0.4) is 0 Å². The van der Waals surface area contributed by atoms with Gasteiger partial charge in [-0.05, 0) is 42.8 Å². The average Bonchev–Trinajstić information content (AvgIpc) is 2.42. The summed E-state index contributed by atoms with van der Waals surface area (Å²) >= 11 is 6.17. The molecule has 4 N–H and O–H groups in total. The molecule has 0 aliphatic rings. The van der Waals surface area contributed by atoms with E-state index >= 15 is 0 Å². The summed E-state index contributed by atoms with van der Waals surface area (Å²) < 4.78 is 0. The number of anilines is 2. The molecule has 0 atom stereocenters. The van der Waals surface area contributed by atoms with Gasteiger partial charge in [-0.2, -0.15) is 0 Å². The smallest absolute Gasteiger partial charge is 0.252 e. The Bertz CT molecular complexity index is 687. The normalized spacial score (nSPS) is 10.4. The van der Waals surface area contributed by atoms with Crippen LogP contribution >= 0.6 is 11.6 Å². The van der Waals surface area contributed by atoms with Crippen molar-refractivity contribution in [2.45, 2.75) is 13.5 Å². The fraction of sp³-hybridized carbons (Fsp3) is 0.200. The largest absolute Gasteiger partial charge is 0.399 e. The summed E-state index contributed by atoms with van der Waals surface area (Å²) in [6.07, 6.45) is 0. The molecule has 5 nitrogen and oxygen atoms in total. The van der Waals surface area contributed by atoms with E-state index in [9.17, 15) is 4.79 Å². The molecular weight excluding hydrogens is 288 g/mol. The van der Waals surface area contributed by atoms with Gasteiger partial charge in [-0.25, -0.2) is 4.98 Å². The van der Waals surface area contributed by atoms with Gasteiger partial charge in [0.1, 0.15) is 5.82 Å². The molecule has 110 valence electrons. The fourth-order valence-corrected chi connectivity index (χ4v) is 2.25. The molecule has 2 rings (SSSR count). The monoisotopic (exact) mass is 304 g/mol. The quantitative estimate of drug-likeness (QED) is 0.849. The van der Waals surface area contributed by atoms with Crippen LogP contribution in [0.25, 0.3) is 0 Å². The Kier molecular flexibility index (Phi) is 4.33. The molecule has 21 heavy (non-hydrogen) atoms. The van der Waals surface area contributed by atoms with Gasteiger partial charge < -0.3 is 16.4 Å². The zero-order valence-corrected chi connectivity index (χ0v) is 12.7. The number of aromatic nitrogens is 1. The summed E-state index contributed by atoms with van der Waals surface area (Å²) in [5, 5.41) is 0.615. The molecule has 1 amide bonds. The molecule has 0 fully saturated rings. The minimum Gasteiger partial charge on any atom is -0.399 e. The minimum atomic E-state index is -0.511. The average molecular weight is 305 g/mol. The van der Waals surface area contributed by atoms with Crippen LogP contribution in [0.4, 0.5) is 11.5 Å². The van der Waals surface area contributed by atoms with Crippen molar-refractivity contribution in [2.24, 2.45) is 5.73 Å². The van der Waals surface area contributed by atoms with Gasteiger partial charge >= 0.3 is 0 Å². The molecule has 0 unspecified atom stereocenters. The van der Waals surface area contributed by atoms with E-state index in [2.05, 4.69) is 4.98 Å². The number of nitrogens with two attached hydrogens (primary N) is 2. The zero-order chi connectivity index (χ0) is 15.6. The fourth-order valence-electron chi connectivity index (χ4n) is 2.07. The van der Waals surface area contributed by atoms with E-state index in [4.69, 9.17) is 23.1 Å². The van der Waals surface area contributed by atoms with E-state index in [1.807, 2.05) is 18.9 Å². The number of benzene rings is 1. The molecule has 0 radical (unpaired) electrons. The summed E-state index contributed by atoms with van der Waals surface area (Å²) in [5.74, 6) is 0.0176. The number of hydrogen-bond donors (Lipinski definition) is 2. The van der Waals surface area contributed by atoms with Gasteiger partial charge in [0, 0.05) is 30.0 Å². The molecule has 6 heteroatoms. The second-order valence-corrected chi connectivity index (χ2v) is 5.30. The first-order valence-corrected chi connectivity index (χ1v) is 6.78. The predicted molar refractivity (Wildman–Crippen MR) is 85.5 cm³/mol. The van der Waals surface area contributed by atoms with Gasteiger partial charge in [0.05, 0.1) is 5.56 Å². The van der Waals surface area contributed by atoms with Gasteiger partial charge in [-0.15, -0.1) is 0 Å². The molecule has 0 aliphatic heterocycles. The first-order chi connectivity index (χ1) is 9.88. The molecular formula is C15H17ClN4O. The van der Waals surface area contributed by atoms with Crippen molar-refractivity contribution >= 4 is 29.0 Å². The number of amides is 1. The minimum absolute atomic E-state index is 0.378. The second-order valence-electron chi connectivity index (χ2n) is 4.89. The van der Waals surface area contributed by atoms with Crippen molar-refractivity contribution in [3.8, 4) is 0 Å². The van der Waals surface area contributed by atoms with Gasteiger partial charge in [-0.3, -0.25) is 4.79 Å². The number of carbonyl (C=O) groups is 1. The summed E-state index contributed by atoms with van der Waals surface area (Å²) in [6.45, 7) is 2.33. The van der Waals surface area contributed by atoms with Gasteiger partial charge in [0.15, 0.2) is 0 Å². The van der Waals surface area contributed by atoms with Crippen molar-refractivity contribution < 1.29 is 4.79 Å². The van der Waals surface area contributed by atoms with E-state index in [0.29, 0.717) is 28.6 Å². The highest BCUT2D eigenvalue weighted by Gasteiger charge is 2.15. The van der Waals surface area contributed by atoms with Crippen molar-refractivity contribution in [1.29, 1.82) is 0 Å². The van der Waals surface area contributed by atoms with E-state index in [0.717, 1.165) is 11.3 Å². The summed E-state index contributed by atoms with van der Waals surface area (Å²) in [6, 6.07) is 8.73. The number of hydrogen-bond acceptors (Lipinski definition) is 4. The van der Waals surface area contributed by atoms with E-state index < -0.39 is 5.91 Å². The van der Waals surface area contributed by atoms with Gasteiger partial charge in [0.25, 0.3) is 5.91 Å². The Hall–Kier alpha value is -2.27.